The Morgan fingerprint density at radius 3 is 2.50 bits per heavy atom. The second-order valence-electron chi connectivity index (χ2n) is 7.81. The Morgan fingerprint density at radius 2 is 1.82 bits per heavy atom. The first-order valence-electron chi connectivity index (χ1n) is 10.6. The Kier molecular flexibility index (Phi) is 8.54. The molecule has 0 radical (unpaired) electrons. The van der Waals surface area contributed by atoms with Gasteiger partial charge in [0, 0.05) is 4.47 Å². The topological polar surface area (TPSA) is 77.0 Å². The van der Waals surface area contributed by atoms with Gasteiger partial charge in [0.15, 0.2) is 6.61 Å². The summed E-state index contributed by atoms with van der Waals surface area (Å²) in [5.74, 6) is -0.673. The largest absolute Gasteiger partial charge is 0.483 e. The van der Waals surface area contributed by atoms with Crippen LogP contribution in [0.5, 0.6) is 11.5 Å². The highest BCUT2D eigenvalue weighted by atomic mass is 79.9. The highest BCUT2D eigenvalue weighted by molar-refractivity contribution is 9.10. The number of esters is 1. The van der Waals surface area contributed by atoms with Gasteiger partial charge in [-0.3, -0.25) is 4.79 Å². The van der Waals surface area contributed by atoms with Crippen LogP contribution in [0.3, 0.4) is 0 Å². The molecule has 0 fully saturated rings. The Labute approximate surface area is 205 Å². The van der Waals surface area contributed by atoms with Crippen molar-refractivity contribution in [3.63, 3.8) is 0 Å². The normalized spacial score (nSPS) is 11.0. The summed E-state index contributed by atoms with van der Waals surface area (Å²) in [5.41, 5.74) is 4.96. The van der Waals surface area contributed by atoms with E-state index in [2.05, 4.69) is 40.3 Å². The molecule has 0 spiro atoms. The molecule has 34 heavy (non-hydrogen) atoms. The third-order valence-corrected chi connectivity index (χ3v) is 5.71. The average molecular weight is 527 g/mol. The molecular weight excluding hydrogens is 503 g/mol. The molecule has 0 bridgehead atoms. The van der Waals surface area contributed by atoms with E-state index in [1.54, 1.807) is 30.3 Å². The van der Waals surface area contributed by atoms with E-state index in [0.29, 0.717) is 11.3 Å². The summed E-state index contributed by atoms with van der Waals surface area (Å²) in [6.07, 6.45) is 1.45. The minimum atomic E-state index is -0.784. The van der Waals surface area contributed by atoms with Crippen LogP contribution in [0.4, 0.5) is 4.39 Å². The van der Waals surface area contributed by atoms with Crippen molar-refractivity contribution in [2.75, 3.05) is 6.61 Å². The third kappa shape index (κ3) is 6.74. The van der Waals surface area contributed by atoms with Crippen LogP contribution in [-0.4, -0.2) is 24.7 Å². The fraction of sp³-hybridized carbons (Fsp3) is 0.192. The SMILES string of the molecule is Cc1cc(OCC(=O)N/N=C/c2ccc(OC(=O)c3ccccc3F)cc2)c(C(C)C)cc1Br. The van der Waals surface area contributed by atoms with E-state index in [0.717, 1.165) is 15.6 Å². The summed E-state index contributed by atoms with van der Waals surface area (Å²) in [4.78, 5) is 24.2. The highest BCUT2D eigenvalue weighted by Gasteiger charge is 2.14. The van der Waals surface area contributed by atoms with Gasteiger partial charge in [-0.2, -0.15) is 5.10 Å². The first-order valence-corrected chi connectivity index (χ1v) is 11.4. The zero-order valence-corrected chi connectivity index (χ0v) is 20.6. The molecule has 0 atom stereocenters. The lowest BCUT2D eigenvalue weighted by molar-refractivity contribution is -0.123. The van der Waals surface area contributed by atoms with E-state index in [1.807, 2.05) is 19.1 Å². The number of benzene rings is 3. The van der Waals surface area contributed by atoms with Crippen molar-refractivity contribution in [1.29, 1.82) is 0 Å². The first kappa shape index (κ1) is 25.1. The van der Waals surface area contributed by atoms with Gasteiger partial charge in [-0.1, -0.05) is 41.9 Å². The number of carbonyl (C=O) groups is 2. The van der Waals surface area contributed by atoms with Crippen LogP contribution in [0.15, 0.2) is 70.2 Å². The van der Waals surface area contributed by atoms with E-state index in [9.17, 15) is 14.0 Å². The molecule has 0 saturated heterocycles. The fourth-order valence-corrected chi connectivity index (χ4v) is 3.37. The number of nitrogens with zero attached hydrogens (tertiary/aromatic N) is 1. The molecule has 0 unspecified atom stereocenters. The van der Waals surface area contributed by atoms with Gasteiger partial charge in [0.1, 0.15) is 17.3 Å². The maximum atomic E-state index is 13.7. The van der Waals surface area contributed by atoms with Gasteiger partial charge < -0.3 is 9.47 Å². The monoisotopic (exact) mass is 526 g/mol. The maximum absolute atomic E-state index is 13.7. The number of ether oxygens (including phenoxy) is 2. The number of aryl methyl sites for hydroxylation is 1. The van der Waals surface area contributed by atoms with Crippen molar-refractivity contribution >= 4 is 34.0 Å². The molecule has 6 nitrogen and oxygen atoms in total. The molecule has 3 rings (SSSR count). The van der Waals surface area contributed by atoms with Crippen LogP contribution < -0.4 is 14.9 Å². The molecule has 0 heterocycles. The smallest absolute Gasteiger partial charge is 0.346 e. The number of halogens is 2. The predicted octanol–water partition coefficient (Wildman–Crippen LogP) is 5.77. The van der Waals surface area contributed by atoms with Gasteiger partial charge in [-0.05, 0) is 78.1 Å². The minimum absolute atomic E-state index is 0.142. The van der Waals surface area contributed by atoms with E-state index < -0.39 is 17.7 Å². The molecule has 0 saturated carbocycles. The van der Waals surface area contributed by atoms with E-state index in [-0.39, 0.29) is 23.8 Å². The first-order chi connectivity index (χ1) is 16.2. The highest BCUT2D eigenvalue weighted by Crippen LogP contribution is 2.32. The predicted molar refractivity (Wildman–Crippen MR) is 132 cm³/mol. The molecular formula is C26H24BrFN2O4. The van der Waals surface area contributed by atoms with E-state index >= 15 is 0 Å². The second kappa shape index (κ2) is 11.6. The molecule has 1 N–H and O–H groups in total. The van der Waals surface area contributed by atoms with Gasteiger partial charge in [0.25, 0.3) is 5.91 Å². The van der Waals surface area contributed by atoms with Crippen molar-refractivity contribution in [2.24, 2.45) is 5.10 Å². The lowest BCUT2D eigenvalue weighted by Crippen LogP contribution is -2.25. The van der Waals surface area contributed by atoms with Crippen molar-refractivity contribution in [2.45, 2.75) is 26.7 Å². The molecule has 176 valence electrons. The van der Waals surface area contributed by atoms with Crippen LogP contribution >= 0.6 is 15.9 Å². The van der Waals surface area contributed by atoms with Gasteiger partial charge >= 0.3 is 5.97 Å². The third-order valence-electron chi connectivity index (χ3n) is 4.86. The summed E-state index contributed by atoms with van der Waals surface area (Å²) >= 11 is 3.52. The molecule has 0 aliphatic heterocycles. The Balaban J connectivity index is 1.52. The molecule has 0 aliphatic carbocycles. The van der Waals surface area contributed by atoms with Crippen molar-refractivity contribution in [1.82, 2.24) is 5.43 Å². The zero-order chi connectivity index (χ0) is 24.7. The summed E-state index contributed by atoms with van der Waals surface area (Å²) in [6, 6.07) is 15.9. The molecule has 3 aromatic carbocycles. The molecule has 1 amide bonds. The van der Waals surface area contributed by atoms with Crippen molar-refractivity contribution < 1.29 is 23.5 Å². The number of amides is 1. The number of rotatable bonds is 8. The summed E-state index contributed by atoms with van der Waals surface area (Å²) in [6.45, 7) is 5.89. The maximum Gasteiger partial charge on any atom is 0.346 e. The molecule has 0 aliphatic rings. The van der Waals surface area contributed by atoms with Crippen LogP contribution in [0.25, 0.3) is 0 Å². The van der Waals surface area contributed by atoms with E-state index in [4.69, 9.17) is 9.47 Å². The Hall–Kier alpha value is -3.52. The lowest BCUT2D eigenvalue weighted by atomic mass is 10.0. The van der Waals surface area contributed by atoms with Gasteiger partial charge in [-0.25, -0.2) is 14.6 Å². The number of hydrogen-bond acceptors (Lipinski definition) is 5. The molecule has 8 heteroatoms. The second-order valence-corrected chi connectivity index (χ2v) is 8.67. The average Bonchev–Trinajstić information content (AvgIpc) is 2.80. The number of carbonyl (C=O) groups excluding carboxylic acids is 2. The fourth-order valence-electron chi connectivity index (χ4n) is 3.01. The molecule has 0 aromatic heterocycles. The Bertz CT molecular complexity index is 1210. The van der Waals surface area contributed by atoms with Crippen LogP contribution in [0.2, 0.25) is 0 Å². The quantitative estimate of drug-likeness (QED) is 0.175. The standard InChI is InChI=1S/C26H24BrFN2O4/c1-16(2)21-13-22(27)17(3)12-24(21)33-15-25(31)30-29-14-18-8-10-19(11-9-18)34-26(32)20-6-4-5-7-23(20)28/h4-14,16H,15H2,1-3H3,(H,30,31)/b29-14+. The zero-order valence-electron chi connectivity index (χ0n) is 19.0. The Morgan fingerprint density at radius 1 is 1.12 bits per heavy atom. The van der Waals surface area contributed by atoms with Crippen molar-refractivity contribution in [3.8, 4) is 11.5 Å². The number of hydrazone groups is 1. The van der Waals surface area contributed by atoms with Gasteiger partial charge in [-0.15, -0.1) is 0 Å². The summed E-state index contributed by atoms with van der Waals surface area (Å²) in [5, 5.41) is 3.92. The van der Waals surface area contributed by atoms with E-state index in [1.165, 1.54) is 24.4 Å². The number of hydrogen-bond donors (Lipinski definition) is 1. The van der Waals surface area contributed by atoms with Crippen molar-refractivity contribution in [3.05, 3.63) is 93.2 Å². The van der Waals surface area contributed by atoms with Crippen LogP contribution in [-0.2, 0) is 4.79 Å². The lowest BCUT2D eigenvalue weighted by Gasteiger charge is -2.15. The van der Waals surface area contributed by atoms with Gasteiger partial charge in [0.05, 0.1) is 11.8 Å². The van der Waals surface area contributed by atoms with Crippen LogP contribution in [0, 0.1) is 12.7 Å². The minimum Gasteiger partial charge on any atom is -0.483 e. The van der Waals surface area contributed by atoms with Crippen LogP contribution in [0.1, 0.15) is 46.8 Å². The summed E-state index contributed by atoms with van der Waals surface area (Å²) < 4.78 is 25.6. The summed E-state index contributed by atoms with van der Waals surface area (Å²) in [7, 11) is 0. The number of nitrogens with one attached hydrogen (secondary N) is 1. The molecule has 3 aromatic rings. The van der Waals surface area contributed by atoms with Gasteiger partial charge in [0.2, 0.25) is 0 Å².